The fraction of sp³-hybridized carbons (Fsp3) is 0.167. The molecule has 1 aliphatic rings. The molecule has 1 aromatic rings. The van der Waals surface area contributed by atoms with E-state index in [0.29, 0.717) is 21.2 Å². The van der Waals surface area contributed by atoms with Crippen LogP contribution in [0.2, 0.25) is 0 Å². The Bertz CT molecular complexity index is 653. The fourth-order valence-electron chi connectivity index (χ4n) is 2.05. The average Bonchev–Trinajstić information content (AvgIpc) is 2.53. The van der Waals surface area contributed by atoms with Gasteiger partial charge in [-0.1, -0.05) is 54.8 Å². The summed E-state index contributed by atoms with van der Waals surface area (Å²) in [4.78, 5) is 13.1. The van der Waals surface area contributed by atoms with Crippen LogP contribution in [0.4, 0.5) is 5.69 Å². The van der Waals surface area contributed by atoms with Crippen molar-refractivity contribution in [2.45, 2.75) is 19.8 Å². The number of hydrogen-bond donors (Lipinski definition) is 2. The molecule has 0 saturated heterocycles. The maximum Gasteiger partial charge on any atom is 0.201 e. The summed E-state index contributed by atoms with van der Waals surface area (Å²) in [7, 11) is 0. The van der Waals surface area contributed by atoms with E-state index in [1.165, 1.54) is 11.8 Å². The van der Waals surface area contributed by atoms with Crippen LogP contribution in [0.15, 0.2) is 76.3 Å². The summed E-state index contributed by atoms with van der Waals surface area (Å²) in [6.07, 6.45) is 7.70. The van der Waals surface area contributed by atoms with E-state index in [1.807, 2.05) is 48.6 Å². The highest BCUT2D eigenvalue weighted by Gasteiger charge is 2.18. The highest BCUT2D eigenvalue weighted by Crippen LogP contribution is 2.30. The number of hydrogen-bond acceptors (Lipinski definition) is 4. The van der Waals surface area contributed by atoms with Gasteiger partial charge in [-0.15, -0.1) is 0 Å². The number of Topliss-reactive ketones (excluding diaryl/α,β-unsaturated/α-hetero) is 1. The van der Waals surface area contributed by atoms with Gasteiger partial charge >= 0.3 is 0 Å². The normalized spacial score (nSPS) is 14.9. The van der Waals surface area contributed by atoms with Gasteiger partial charge in [-0.2, -0.15) is 0 Å². The van der Waals surface area contributed by atoms with Gasteiger partial charge < -0.3 is 11.1 Å². The Morgan fingerprint density at radius 2 is 2.00 bits per heavy atom. The molecule has 0 amide bonds. The Hall–Kier alpha value is -2.20. The molecule has 1 aliphatic carbocycles. The molecule has 0 fully saturated rings. The Labute approximate surface area is 135 Å². The predicted molar refractivity (Wildman–Crippen MR) is 95.1 cm³/mol. The van der Waals surface area contributed by atoms with Gasteiger partial charge in [0.05, 0.1) is 9.93 Å². The quantitative estimate of drug-likeness (QED) is 0.767. The Morgan fingerprint density at radius 3 is 2.59 bits per heavy atom. The first-order valence-electron chi connectivity index (χ1n) is 7.14. The van der Waals surface area contributed by atoms with Crippen molar-refractivity contribution in [1.82, 2.24) is 0 Å². The second-order valence-corrected chi connectivity index (χ2v) is 6.10. The van der Waals surface area contributed by atoms with Crippen LogP contribution in [-0.2, 0) is 4.79 Å². The molecule has 0 radical (unpaired) electrons. The number of anilines is 1. The minimum Gasteiger partial charge on any atom is -0.401 e. The maximum absolute atomic E-state index is 12.6. The summed E-state index contributed by atoms with van der Waals surface area (Å²) in [5.74, 6) is -0.0445. The smallest absolute Gasteiger partial charge is 0.201 e. The van der Waals surface area contributed by atoms with Crippen molar-refractivity contribution in [3.8, 4) is 0 Å². The number of allylic oxidation sites excluding steroid dienone is 6. The van der Waals surface area contributed by atoms with E-state index in [9.17, 15) is 4.79 Å². The largest absolute Gasteiger partial charge is 0.401 e. The zero-order valence-corrected chi connectivity index (χ0v) is 13.5. The summed E-state index contributed by atoms with van der Waals surface area (Å²) in [6.45, 7) is 5.71. The van der Waals surface area contributed by atoms with E-state index in [4.69, 9.17) is 5.73 Å². The lowest BCUT2D eigenvalue weighted by Gasteiger charge is -2.14. The SMILES string of the molecule is C=C(Nc1ccccc1)S/C(C(=O)C1=CCCC=C1)=C(\C)N. The molecule has 0 spiro atoms. The zero-order valence-electron chi connectivity index (χ0n) is 12.6. The molecule has 0 unspecified atom stereocenters. The second-order valence-electron chi connectivity index (χ2n) is 5.00. The van der Waals surface area contributed by atoms with E-state index in [0.717, 1.165) is 18.5 Å². The average molecular weight is 312 g/mol. The van der Waals surface area contributed by atoms with Gasteiger partial charge in [0, 0.05) is 17.0 Å². The van der Waals surface area contributed by atoms with E-state index < -0.39 is 0 Å². The molecule has 1 aromatic carbocycles. The number of para-hydroxylation sites is 1. The van der Waals surface area contributed by atoms with Gasteiger partial charge in [0.2, 0.25) is 5.78 Å². The molecule has 2 rings (SSSR count). The third-order valence-corrected chi connectivity index (χ3v) is 4.16. The molecule has 0 saturated carbocycles. The van der Waals surface area contributed by atoms with Crippen molar-refractivity contribution in [3.05, 3.63) is 76.3 Å². The number of nitrogens with one attached hydrogen (secondary N) is 1. The molecular weight excluding hydrogens is 292 g/mol. The summed E-state index contributed by atoms with van der Waals surface area (Å²) in [5, 5.41) is 3.84. The lowest BCUT2D eigenvalue weighted by Crippen LogP contribution is -2.11. The minimum atomic E-state index is -0.0445. The fourth-order valence-corrected chi connectivity index (χ4v) is 2.84. The van der Waals surface area contributed by atoms with Crippen molar-refractivity contribution in [2.24, 2.45) is 5.73 Å². The number of carbonyl (C=O) groups is 1. The molecule has 3 N–H and O–H groups in total. The number of carbonyl (C=O) groups excluding carboxylic acids is 1. The number of benzene rings is 1. The molecule has 114 valence electrons. The van der Waals surface area contributed by atoms with E-state index in [1.54, 1.807) is 6.92 Å². The van der Waals surface area contributed by atoms with Crippen molar-refractivity contribution in [2.75, 3.05) is 5.32 Å². The molecule has 0 heterocycles. The van der Waals surface area contributed by atoms with Crippen LogP contribution in [0.1, 0.15) is 19.8 Å². The van der Waals surface area contributed by atoms with Crippen LogP contribution >= 0.6 is 11.8 Å². The van der Waals surface area contributed by atoms with Gasteiger partial charge in [0.25, 0.3) is 0 Å². The van der Waals surface area contributed by atoms with E-state index in [-0.39, 0.29) is 5.78 Å². The molecule has 4 heteroatoms. The first kappa shape index (κ1) is 16.2. The first-order chi connectivity index (χ1) is 10.6. The molecular formula is C18H20N2OS. The highest BCUT2D eigenvalue weighted by atomic mass is 32.2. The Kier molecular flexibility index (Phi) is 5.67. The zero-order chi connectivity index (χ0) is 15.9. The first-order valence-corrected chi connectivity index (χ1v) is 7.96. The van der Waals surface area contributed by atoms with Gasteiger partial charge in [-0.05, 0) is 31.9 Å². The second kappa shape index (κ2) is 7.71. The standard InChI is InChI=1S/C18H20N2OS/c1-13(19)18(17(21)15-9-5-3-6-10-15)22-14(2)20-16-11-7-4-8-12-16/h4-5,7-12,20H,2-3,6,19H2,1H3/b18-13+. The van der Waals surface area contributed by atoms with Crippen molar-refractivity contribution in [1.29, 1.82) is 0 Å². The molecule has 22 heavy (non-hydrogen) atoms. The van der Waals surface area contributed by atoms with Crippen LogP contribution in [-0.4, -0.2) is 5.78 Å². The lowest BCUT2D eigenvalue weighted by molar-refractivity contribution is -0.111. The van der Waals surface area contributed by atoms with Crippen LogP contribution in [0.5, 0.6) is 0 Å². The maximum atomic E-state index is 12.6. The van der Waals surface area contributed by atoms with Crippen LogP contribution in [0, 0.1) is 0 Å². The molecule has 0 aromatic heterocycles. The highest BCUT2D eigenvalue weighted by molar-refractivity contribution is 8.07. The van der Waals surface area contributed by atoms with E-state index in [2.05, 4.69) is 11.9 Å². The van der Waals surface area contributed by atoms with Crippen molar-refractivity contribution in [3.63, 3.8) is 0 Å². The van der Waals surface area contributed by atoms with E-state index >= 15 is 0 Å². The van der Waals surface area contributed by atoms with Crippen LogP contribution in [0.3, 0.4) is 0 Å². The van der Waals surface area contributed by atoms with Gasteiger partial charge in [-0.25, -0.2) is 0 Å². The predicted octanol–water partition coefficient (Wildman–Crippen LogP) is 4.34. The monoisotopic (exact) mass is 312 g/mol. The van der Waals surface area contributed by atoms with Gasteiger partial charge in [0.1, 0.15) is 0 Å². The molecule has 0 aliphatic heterocycles. The number of ketones is 1. The van der Waals surface area contributed by atoms with Gasteiger partial charge in [-0.3, -0.25) is 4.79 Å². The summed E-state index contributed by atoms with van der Waals surface area (Å²) in [5.41, 5.74) is 8.04. The van der Waals surface area contributed by atoms with Crippen LogP contribution in [0.25, 0.3) is 0 Å². The molecule has 0 bridgehead atoms. The van der Waals surface area contributed by atoms with Gasteiger partial charge in [0.15, 0.2) is 0 Å². The van der Waals surface area contributed by atoms with Crippen molar-refractivity contribution >= 4 is 23.2 Å². The van der Waals surface area contributed by atoms with Crippen molar-refractivity contribution < 1.29 is 4.79 Å². The summed E-state index contributed by atoms with van der Waals surface area (Å²) >= 11 is 1.27. The number of rotatable bonds is 6. The minimum absolute atomic E-state index is 0.0445. The number of thioether (sulfide) groups is 1. The third kappa shape index (κ3) is 4.40. The topological polar surface area (TPSA) is 55.1 Å². The summed E-state index contributed by atoms with van der Waals surface area (Å²) < 4.78 is 0. The Balaban J connectivity index is 2.08. The molecule has 3 nitrogen and oxygen atoms in total. The third-order valence-electron chi connectivity index (χ3n) is 3.10. The lowest BCUT2D eigenvalue weighted by atomic mass is 10.0. The molecule has 0 atom stereocenters. The summed E-state index contributed by atoms with van der Waals surface area (Å²) in [6, 6.07) is 9.71. The Morgan fingerprint density at radius 1 is 1.27 bits per heavy atom. The number of nitrogens with two attached hydrogens (primary N) is 1. The van der Waals surface area contributed by atoms with Crippen LogP contribution < -0.4 is 11.1 Å².